The largest absolute Gasteiger partial charge is 0.481 e. The lowest BCUT2D eigenvalue weighted by molar-refractivity contribution is -0.137. The zero-order valence-corrected chi connectivity index (χ0v) is 14.0. The number of unbranched alkanes of at least 4 members (excludes halogenated alkanes) is 3. The number of carbonyl (C=O) groups excluding carboxylic acids is 1. The number of aliphatic carboxylic acids is 1. The van der Waals surface area contributed by atoms with E-state index >= 15 is 0 Å². The first-order valence-corrected chi connectivity index (χ1v) is 8.74. The van der Waals surface area contributed by atoms with Crippen LogP contribution in [-0.4, -0.2) is 39.3 Å². The second-order valence-electron chi connectivity index (χ2n) is 6.51. The second-order valence-corrected chi connectivity index (χ2v) is 6.51. The molecule has 0 spiro atoms. The van der Waals surface area contributed by atoms with Gasteiger partial charge in [-0.1, -0.05) is 44.8 Å². The van der Waals surface area contributed by atoms with Gasteiger partial charge in [0.2, 0.25) is 0 Å². The van der Waals surface area contributed by atoms with Crippen LogP contribution in [0.15, 0.2) is 12.2 Å². The summed E-state index contributed by atoms with van der Waals surface area (Å²) in [5.74, 6) is -1.04. The maximum atomic E-state index is 12.0. The van der Waals surface area contributed by atoms with Gasteiger partial charge in [0.1, 0.15) is 5.78 Å². The SMILES string of the molecule is CCC[C@H](O)/C=C/C1C(CCCCCCC(=O)O)C(=O)C[C@H]1O. The number of carboxylic acid groups (broad SMARTS) is 1. The first-order chi connectivity index (χ1) is 11.0. The molecule has 132 valence electrons. The average Bonchev–Trinajstić information content (AvgIpc) is 2.74. The summed E-state index contributed by atoms with van der Waals surface area (Å²) >= 11 is 0. The van der Waals surface area contributed by atoms with Crippen LogP contribution in [0.4, 0.5) is 0 Å². The van der Waals surface area contributed by atoms with Crippen LogP contribution in [0, 0.1) is 11.8 Å². The molecule has 2 unspecified atom stereocenters. The molecule has 0 aliphatic heterocycles. The Kier molecular flexibility index (Phi) is 9.10. The highest BCUT2D eigenvalue weighted by Gasteiger charge is 2.39. The normalized spacial score (nSPS) is 26.0. The molecule has 1 aliphatic rings. The van der Waals surface area contributed by atoms with Crippen molar-refractivity contribution in [2.75, 3.05) is 0 Å². The fraction of sp³-hybridized carbons (Fsp3) is 0.778. The first kappa shape index (κ1) is 19.8. The van der Waals surface area contributed by atoms with Crippen molar-refractivity contribution in [3.05, 3.63) is 12.2 Å². The van der Waals surface area contributed by atoms with Crippen molar-refractivity contribution in [3.63, 3.8) is 0 Å². The van der Waals surface area contributed by atoms with Crippen molar-refractivity contribution in [1.29, 1.82) is 0 Å². The third kappa shape index (κ3) is 7.27. The Bertz CT molecular complexity index is 404. The summed E-state index contributed by atoms with van der Waals surface area (Å²) in [5.41, 5.74) is 0. The van der Waals surface area contributed by atoms with Crippen LogP contribution in [-0.2, 0) is 9.59 Å². The molecule has 5 heteroatoms. The summed E-state index contributed by atoms with van der Waals surface area (Å²) in [6.45, 7) is 2.00. The van der Waals surface area contributed by atoms with Crippen LogP contribution >= 0.6 is 0 Å². The lowest BCUT2D eigenvalue weighted by Gasteiger charge is -2.18. The lowest BCUT2D eigenvalue weighted by atomic mass is 9.88. The Morgan fingerprint density at radius 2 is 2.00 bits per heavy atom. The molecule has 4 atom stereocenters. The third-order valence-electron chi connectivity index (χ3n) is 4.53. The zero-order valence-electron chi connectivity index (χ0n) is 14.0. The first-order valence-electron chi connectivity index (χ1n) is 8.74. The van der Waals surface area contributed by atoms with Gasteiger partial charge in [0.25, 0.3) is 0 Å². The van der Waals surface area contributed by atoms with Gasteiger partial charge in [-0.05, 0) is 19.3 Å². The smallest absolute Gasteiger partial charge is 0.303 e. The number of hydrogen-bond acceptors (Lipinski definition) is 4. The van der Waals surface area contributed by atoms with E-state index in [2.05, 4.69) is 0 Å². The topological polar surface area (TPSA) is 94.8 Å². The van der Waals surface area contributed by atoms with E-state index in [4.69, 9.17) is 5.11 Å². The minimum atomic E-state index is -0.769. The standard InChI is InChI=1S/C18H30O5/c1-2-7-13(19)10-11-15-14(16(20)12-17(15)21)8-5-3-4-6-9-18(22)23/h10-11,13-15,17,19,21H,2-9,12H2,1H3,(H,22,23)/b11-10+/t13-,14?,15?,17+/m0/s1. The fourth-order valence-corrected chi connectivity index (χ4v) is 3.23. The molecule has 0 aromatic carbocycles. The molecule has 1 aliphatic carbocycles. The van der Waals surface area contributed by atoms with Crippen molar-refractivity contribution >= 4 is 11.8 Å². The molecule has 0 aromatic rings. The van der Waals surface area contributed by atoms with Crippen molar-refractivity contribution in [2.45, 2.75) is 76.9 Å². The molecule has 23 heavy (non-hydrogen) atoms. The third-order valence-corrected chi connectivity index (χ3v) is 4.53. The molecule has 3 N–H and O–H groups in total. The van der Waals surface area contributed by atoms with Crippen LogP contribution in [0.2, 0.25) is 0 Å². The maximum absolute atomic E-state index is 12.0. The minimum absolute atomic E-state index is 0.0997. The molecule has 1 saturated carbocycles. The molecular weight excluding hydrogens is 296 g/mol. The summed E-state index contributed by atoms with van der Waals surface area (Å²) in [4.78, 5) is 22.5. The predicted octanol–water partition coefficient (Wildman–Crippen LogP) is 2.69. The molecule has 0 radical (unpaired) electrons. The Labute approximate surface area is 138 Å². The second kappa shape index (κ2) is 10.6. The number of rotatable bonds is 11. The van der Waals surface area contributed by atoms with E-state index in [9.17, 15) is 19.8 Å². The highest BCUT2D eigenvalue weighted by atomic mass is 16.4. The van der Waals surface area contributed by atoms with Gasteiger partial charge in [0.15, 0.2) is 0 Å². The molecule has 0 bridgehead atoms. The number of aliphatic hydroxyl groups excluding tert-OH is 2. The highest BCUT2D eigenvalue weighted by molar-refractivity contribution is 5.84. The zero-order chi connectivity index (χ0) is 17.2. The van der Waals surface area contributed by atoms with Crippen LogP contribution in [0.3, 0.4) is 0 Å². The number of aliphatic hydroxyl groups is 2. The lowest BCUT2D eigenvalue weighted by Crippen LogP contribution is -2.19. The van der Waals surface area contributed by atoms with Crippen LogP contribution < -0.4 is 0 Å². The Morgan fingerprint density at radius 3 is 2.65 bits per heavy atom. The van der Waals surface area contributed by atoms with E-state index in [0.717, 1.165) is 32.1 Å². The molecular formula is C18H30O5. The number of carbonyl (C=O) groups is 2. The Hall–Kier alpha value is -1.20. The van der Waals surface area contributed by atoms with Crippen molar-refractivity contribution in [2.24, 2.45) is 11.8 Å². The van der Waals surface area contributed by atoms with Gasteiger partial charge in [-0.25, -0.2) is 0 Å². The number of Topliss-reactive ketones (excluding diaryl/α,β-unsaturated/α-hetero) is 1. The van der Waals surface area contributed by atoms with Gasteiger partial charge in [0, 0.05) is 24.7 Å². The Balaban J connectivity index is 2.40. The number of hydrogen-bond donors (Lipinski definition) is 3. The van der Waals surface area contributed by atoms with Crippen LogP contribution in [0.25, 0.3) is 0 Å². The van der Waals surface area contributed by atoms with Crippen molar-refractivity contribution in [3.8, 4) is 0 Å². The van der Waals surface area contributed by atoms with Crippen molar-refractivity contribution in [1.82, 2.24) is 0 Å². The maximum Gasteiger partial charge on any atom is 0.303 e. The van der Waals surface area contributed by atoms with E-state index < -0.39 is 18.2 Å². The Morgan fingerprint density at radius 1 is 1.30 bits per heavy atom. The predicted molar refractivity (Wildman–Crippen MR) is 88.0 cm³/mol. The summed E-state index contributed by atoms with van der Waals surface area (Å²) in [5, 5.41) is 28.4. The van der Waals surface area contributed by atoms with Crippen LogP contribution in [0.1, 0.15) is 64.7 Å². The fourth-order valence-electron chi connectivity index (χ4n) is 3.23. The number of carboxylic acids is 1. The summed E-state index contributed by atoms with van der Waals surface area (Å²) < 4.78 is 0. The van der Waals surface area contributed by atoms with Gasteiger partial charge in [-0.15, -0.1) is 0 Å². The highest BCUT2D eigenvalue weighted by Crippen LogP contribution is 2.34. The molecule has 0 saturated heterocycles. The van der Waals surface area contributed by atoms with Gasteiger partial charge in [0.05, 0.1) is 12.2 Å². The van der Waals surface area contributed by atoms with E-state index in [1.54, 1.807) is 6.08 Å². The number of ketones is 1. The molecule has 0 aromatic heterocycles. The van der Waals surface area contributed by atoms with E-state index in [1.165, 1.54) is 0 Å². The van der Waals surface area contributed by atoms with E-state index in [0.29, 0.717) is 12.8 Å². The molecule has 1 rings (SSSR count). The summed E-state index contributed by atoms with van der Waals surface area (Å²) in [6.07, 6.45) is 8.33. The molecule has 5 nitrogen and oxygen atoms in total. The van der Waals surface area contributed by atoms with Gasteiger partial charge < -0.3 is 15.3 Å². The minimum Gasteiger partial charge on any atom is -0.481 e. The van der Waals surface area contributed by atoms with Gasteiger partial charge >= 0.3 is 5.97 Å². The molecule has 0 amide bonds. The van der Waals surface area contributed by atoms with E-state index in [-0.39, 0.29) is 30.5 Å². The van der Waals surface area contributed by atoms with E-state index in [1.807, 2.05) is 13.0 Å². The van der Waals surface area contributed by atoms with Gasteiger partial charge in [-0.3, -0.25) is 9.59 Å². The molecule has 0 heterocycles. The summed E-state index contributed by atoms with van der Waals surface area (Å²) in [7, 11) is 0. The monoisotopic (exact) mass is 326 g/mol. The summed E-state index contributed by atoms with van der Waals surface area (Å²) in [6, 6.07) is 0. The van der Waals surface area contributed by atoms with Gasteiger partial charge in [-0.2, -0.15) is 0 Å². The molecule has 1 fully saturated rings. The van der Waals surface area contributed by atoms with Crippen LogP contribution in [0.5, 0.6) is 0 Å². The average molecular weight is 326 g/mol. The quantitative estimate of drug-likeness (QED) is 0.401. The van der Waals surface area contributed by atoms with Crippen molar-refractivity contribution < 1.29 is 24.9 Å².